The molecule has 80 heavy (non-hydrogen) atoms. The Morgan fingerprint density at radius 1 is 0.463 bits per heavy atom. The summed E-state index contributed by atoms with van der Waals surface area (Å²) in [5.74, 6) is 3.40. The van der Waals surface area contributed by atoms with Crippen molar-refractivity contribution in [2.24, 2.45) is 7.05 Å². The first-order valence-electron chi connectivity index (χ1n) is 28.1. The second-order valence-electron chi connectivity index (χ2n) is 11.6. The Morgan fingerprint density at radius 3 is 1.21 bits per heavy atom. The van der Waals surface area contributed by atoms with E-state index in [1.807, 2.05) is 260 Å². The van der Waals surface area contributed by atoms with E-state index in [-0.39, 0.29) is 0 Å². The zero-order chi connectivity index (χ0) is 64.1. The third-order valence-electron chi connectivity index (χ3n) is 6.07. The molecule has 0 saturated carbocycles. The van der Waals surface area contributed by atoms with E-state index in [1.165, 1.54) is 38.3 Å². The van der Waals surface area contributed by atoms with Gasteiger partial charge in [0.1, 0.15) is 23.5 Å². The van der Waals surface area contributed by atoms with Crippen LogP contribution in [0.3, 0.4) is 0 Å². The summed E-state index contributed by atoms with van der Waals surface area (Å²) in [6.45, 7) is 57.6. The van der Waals surface area contributed by atoms with E-state index in [0.29, 0.717) is 0 Å². The van der Waals surface area contributed by atoms with Crippen LogP contribution in [-0.4, -0.2) is 44.2 Å². The van der Waals surface area contributed by atoms with Crippen molar-refractivity contribution in [1.82, 2.24) is 44.2 Å². The van der Waals surface area contributed by atoms with Crippen LogP contribution in [0.2, 0.25) is 0 Å². The summed E-state index contributed by atoms with van der Waals surface area (Å²) in [6.07, 6.45) is 20.5. The molecule has 0 amide bonds. The van der Waals surface area contributed by atoms with Crippen LogP contribution < -0.4 is 0 Å². The fourth-order valence-corrected chi connectivity index (χ4v) is 4.98. The van der Waals surface area contributed by atoms with E-state index < -0.39 is 0 Å². The molecule has 0 bridgehead atoms. The monoisotopic (exact) mass is 1190 g/mol. The van der Waals surface area contributed by atoms with Gasteiger partial charge in [-0.1, -0.05) is 150 Å². The molecule has 0 aromatic carbocycles. The van der Waals surface area contributed by atoms with Gasteiger partial charge in [-0.05, 0) is 115 Å². The average molecular weight is 1190 g/mol. The summed E-state index contributed by atoms with van der Waals surface area (Å²) in [5.41, 5.74) is 3.05. The molecule has 0 spiro atoms. The lowest BCUT2D eigenvalue weighted by Crippen LogP contribution is -1.83. The van der Waals surface area contributed by atoms with Gasteiger partial charge >= 0.3 is 0 Å². The predicted octanol–water partition coefficient (Wildman–Crippen LogP) is 23.0. The number of oxazole rings is 2. The second-order valence-corrected chi connectivity index (χ2v) is 15.9. The molecule has 0 radical (unpaired) electrons. The molecule has 13 nitrogen and oxygen atoms in total. The van der Waals surface area contributed by atoms with E-state index in [4.69, 9.17) is 13.3 Å². The molecule has 0 atom stereocenters. The summed E-state index contributed by atoms with van der Waals surface area (Å²) in [4.78, 5) is 22.1. The van der Waals surface area contributed by atoms with Crippen molar-refractivity contribution in [3.8, 4) is 0 Å². The molecule has 10 rings (SSSR count). The van der Waals surface area contributed by atoms with Gasteiger partial charge in [0.25, 0.3) is 0 Å². The van der Waals surface area contributed by atoms with Gasteiger partial charge in [-0.3, -0.25) is 14.6 Å². The SMILES string of the molecule is CC.CC.CC.CC.CC.CC.CC.CC.CC.CC.Cc1ccc[nH]1.Cc1ccco1.Cc1cccs1.Cc1ccno1.Cc1ccns1.Cc1cnco1.Cc1cncs1.Cc1ncco1.Cc1nccs1.Cn1cccn1. The third-order valence-corrected chi connectivity index (χ3v) is 8.93. The summed E-state index contributed by atoms with van der Waals surface area (Å²) in [6, 6.07) is 17.6. The summed E-state index contributed by atoms with van der Waals surface area (Å²) < 4.78 is 24.5. The van der Waals surface area contributed by atoms with Gasteiger partial charge < -0.3 is 22.8 Å². The Labute approximate surface area is 506 Å². The molecular formula is C63H115N9O4S4. The fourth-order valence-electron chi connectivity index (χ4n) is 3.19. The van der Waals surface area contributed by atoms with Gasteiger partial charge in [0.15, 0.2) is 12.3 Å². The number of nitrogens with one attached hydrogen (secondary N) is 1. The first-order chi connectivity index (χ1) is 38.9. The Hall–Kier alpha value is -6.01. The van der Waals surface area contributed by atoms with Crippen molar-refractivity contribution in [3.63, 3.8) is 0 Å². The Balaban J connectivity index is -0.0000000822. The maximum atomic E-state index is 4.83. The van der Waals surface area contributed by atoms with Gasteiger partial charge in [-0.25, -0.2) is 14.3 Å². The van der Waals surface area contributed by atoms with Crippen LogP contribution in [0.25, 0.3) is 0 Å². The molecule has 460 valence electrons. The third kappa shape index (κ3) is 88.6. The summed E-state index contributed by atoms with van der Waals surface area (Å²) >= 11 is 6.64. The lowest BCUT2D eigenvalue weighted by Gasteiger charge is -1.77. The molecule has 0 aliphatic carbocycles. The van der Waals surface area contributed by atoms with E-state index in [1.54, 1.807) is 101 Å². The Kier molecular flexibility index (Phi) is 111. The maximum Gasteiger partial charge on any atom is 0.190 e. The van der Waals surface area contributed by atoms with Crippen molar-refractivity contribution >= 4 is 45.5 Å². The molecule has 10 aromatic heterocycles. The Bertz CT molecular complexity index is 1660. The number of hydrogen-bond donors (Lipinski definition) is 1. The number of H-pyrrole nitrogens is 1. The number of furan rings is 1. The number of aryl methyl sites for hydroxylation is 10. The second kappa shape index (κ2) is 92.4. The van der Waals surface area contributed by atoms with E-state index in [9.17, 15) is 0 Å². The van der Waals surface area contributed by atoms with Crippen LogP contribution in [0.15, 0.2) is 163 Å². The van der Waals surface area contributed by atoms with Gasteiger partial charge in [-0.15, -0.1) is 34.0 Å². The smallest absolute Gasteiger partial charge is 0.190 e. The highest BCUT2D eigenvalue weighted by atomic mass is 32.1. The summed E-state index contributed by atoms with van der Waals surface area (Å²) in [7, 11) is 1.89. The van der Waals surface area contributed by atoms with E-state index in [2.05, 4.69) is 68.5 Å². The van der Waals surface area contributed by atoms with Crippen LogP contribution in [0.4, 0.5) is 0 Å². The quantitative estimate of drug-likeness (QED) is 0.154. The van der Waals surface area contributed by atoms with Crippen LogP contribution in [-0.2, 0) is 7.05 Å². The minimum absolute atomic E-state index is 0.718. The van der Waals surface area contributed by atoms with Crippen molar-refractivity contribution in [3.05, 3.63) is 194 Å². The molecule has 10 heterocycles. The van der Waals surface area contributed by atoms with E-state index >= 15 is 0 Å². The number of rotatable bonds is 0. The van der Waals surface area contributed by atoms with Crippen LogP contribution >= 0.6 is 45.5 Å². The molecule has 17 heteroatoms. The fraction of sp³-hybridized carbons (Fsp3) is 0.476. The maximum absolute atomic E-state index is 4.83. The first kappa shape index (κ1) is 96.3. The van der Waals surface area contributed by atoms with Gasteiger partial charge in [0, 0.05) is 82.9 Å². The topological polar surface area (TPSA) is 164 Å². The largest absolute Gasteiger partial charge is 0.470 e. The minimum Gasteiger partial charge on any atom is -0.470 e. The first-order valence-corrected chi connectivity index (χ1v) is 31.6. The number of aromatic nitrogens is 9. The van der Waals surface area contributed by atoms with Crippen molar-refractivity contribution in [1.29, 1.82) is 0 Å². The number of thiophene rings is 1. The number of nitrogens with zero attached hydrogens (tertiary/aromatic N) is 8. The molecule has 10 aromatic rings. The zero-order valence-corrected chi connectivity index (χ0v) is 59.0. The summed E-state index contributed by atoms with van der Waals surface area (Å²) in [5, 5.41) is 12.5. The molecule has 0 aliphatic heterocycles. The number of aromatic amines is 1. The molecular weight excluding hydrogens is 1080 g/mol. The molecule has 1 N–H and O–H groups in total. The number of thiazole rings is 2. The molecule has 0 saturated heterocycles. The molecule has 0 fully saturated rings. The Morgan fingerprint density at radius 2 is 1.09 bits per heavy atom. The lowest BCUT2D eigenvalue weighted by atomic mass is 10.5. The lowest BCUT2D eigenvalue weighted by molar-refractivity contribution is 0.397. The van der Waals surface area contributed by atoms with Crippen molar-refractivity contribution in [2.75, 3.05) is 0 Å². The highest BCUT2D eigenvalue weighted by molar-refractivity contribution is 7.10. The average Bonchev–Trinajstić information content (AvgIpc) is 4.32. The van der Waals surface area contributed by atoms with Gasteiger partial charge in [0.05, 0.1) is 35.4 Å². The van der Waals surface area contributed by atoms with Gasteiger partial charge in [-0.2, -0.15) is 5.10 Å². The van der Waals surface area contributed by atoms with Crippen molar-refractivity contribution in [2.45, 2.75) is 201 Å². The van der Waals surface area contributed by atoms with Gasteiger partial charge in [0.2, 0.25) is 0 Å². The molecule has 0 unspecified atom stereocenters. The van der Waals surface area contributed by atoms with Crippen LogP contribution in [0.1, 0.15) is 187 Å². The van der Waals surface area contributed by atoms with Crippen LogP contribution in [0.5, 0.6) is 0 Å². The van der Waals surface area contributed by atoms with E-state index in [0.717, 1.165) is 28.2 Å². The van der Waals surface area contributed by atoms with Crippen LogP contribution in [0, 0.1) is 62.3 Å². The molecule has 0 aliphatic rings. The predicted molar refractivity (Wildman–Crippen MR) is 359 cm³/mol. The minimum atomic E-state index is 0.718. The highest BCUT2D eigenvalue weighted by Gasteiger charge is 1.81. The normalized spacial score (nSPS) is 7.38. The zero-order valence-electron chi connectivity index (χ0n) is 55.7. The standard InChI is InChI=1S/C5H7N.C5H6O.C5H6S.C4H6N2.3C4H5NO.3C4H5NS.10C2H6/c3*1-5-3-2-4-6-5;1-6-4-2-3-5-6;1-4-2-5-3-6-4;1-4-5-2-3-6-4;1-4-2-3-5-6-4;1-4-2-5-3-6-4;1-4-5-2-3-6-4;1-4-2-3-5-6-4;10*1-2/h2-4,6H,1H3;3*2-4H,1H3;6*2-3H,1H3;10*1-2H3. The highest BCUT2D eigenvalue weighted by Crippen LogP contribution is 2.04. The number of hydrogen-bond acceptors (Lipinski definition) is 15. The van der Waals surface area contributed by atoms with Crippen molar-refractivity contribution < 1.29 is 17.8 Å².